The molecule has 0 aliphatic carbocycles. The Hall–Kier alpha value is -1.74. The second kappa shape index (κ2) is 6.43. The fraction of sp³-hybridized carbons (Fsp3) is 0.250. The molecule has 0 atom stereocenters. The molecule has 0 aliphatic rings. The van der Waals surface area contributed by atoms with Gasteiger partial charge in [0.25, 0.3) is 8.40 Å². The van der Waals surface area contributed by atoms with E-state index in [1.807, 2.05) is 0 Å². The average molecular weight is 270 g/mol. The van der Waals surface area contributed by atoms with E-state index in [1.54, 1.807) is 0 Å². The Morgan fingerprint density at radius 1 is 0.684 bits per heavy atom. The van der Waals surface area contributed by atoms with Gasteiger partial charge >= 0.3 is 0 Å². The van der Waals surface area contributed by atoms with Crippen molar-refractivity contribution in [3.8, 4) is 0 Å². The standard InChI is InChI=1S/C16H22N2Si/c1-3-19(4-2,17-15-11-7-5-8-12-15)18-16-13-9-6-10-14-16/h5-14,17-18H,3-4H2,1-2H3. The summed E-state index contributed by atoms with van der Waals surface area (Å²) in [6.45, 7) is 4.53. The maximum atomic E-state index is 3.77. The van der Waals surface area contributed by atoms with Gasteiger partial charge in [0.1, 0.15) is 0 Å². The lowest BCUT2D eigenvalue weighted by Crippen LogP contribution is -2.51. The molecule has 0 bridgehead atoms. The number of nitrogens with one attached hydrogen (secondary N) is 2. The van der Waals surface area contributed by atoms with Crippen molar-refractivity contribution < 1.29 is 0 Å². The highest BCUT2D eigenvalue weighted by atomic mass is 28.3. The van der Waals surface area contributed by atoms with E-state index >= 15 is 0 Å². The number of hydrogen-bond donors (Lipinski definition) is 2. The summed E-state index contributed by atoms with van der Waals surface area (Å²) < 4.78 is 0. The summed E-state index contributed by atoms with van der Waals surface area (Å²) in [5, 5.41) is 0. The topological polar surface area (TPSA) is 24.1 Å². The molecule has 0 aromatic heterocycles. The van der Waals surface area contributed by atoms with Crippen molar-refractivity contribution in [1.29, 1.82) is 0 Å². The van der Waals surface area contributed by atoms with E-state index in [-0.39, 0.29) is 0 Å². The van der Waals surface area contributed by atoms with E-state index < -0.39 is 8.40 Å². The van der Waals surface area contributed by atoms with Crippen LogP contribution in [0.1, 0.15) is 13.8 Å². The van der Waals surface area contributed by atoms with Crippen LogP contribution in [-0.4, -0.2) is 8.40 Å². The minimum Gasteiger partial charge on any atom is -0.394 e. The fourth-order valence-electron chi connectivity index (χ4n) is 2.23. The Labute approximate surface area is 117 Å². The van der Waals surface area contributed by atoms with Crippen LogP contribution >= 0.6 is 0 Å². The van der Waals surface area contributed by atoms with Crippen LogP contribution in [0.15, 0.2) is 60.7 Å². The molecule has 0 fully saturated rings. The van der Waals surface area contributed by atoms with E-state index in [1.165, 1.54) is 11.4 Å². The third-order valence-corrected chi connectivity index (χ3v) is 7.47. The lowest BCUT2D eigenvalue weighted by molar-refractivity contribution is 1.23. The molecular weight excluding hydrogens is 248 g/mol. The largest absolute Gasteiger partial charge is 0.394 e. The summed E-state index contributed by atoms with van der Waals surface area (Å²) in [5.74, 6) is 0. The van der Waals surface area contributed by atoms with Crippen LogP contribution < -0.4 is 9.96 Å². The summed E-state index contributed by atoms with van der Waals surface area (Å²) in [6, 6.07) is 23.3. The van der Waals surface area contributed by atoms with Crippen LogP contribution in [0, 0.1) is 0 Å². The maximum absolute atomic E-state index is 3.77. The number of hydrogen-bond acceptors (Lipinski definition) is 2. The molecule has 2 nitrogen and oxygen atoms in total. The highest BCUT2D eigenvalue weighted by Crippen LogP contribution is 2.21. The first kappa shape index (κ1) is 13.7. The van der Waals surface area contributed by atoms with Crippen molar-refractivity contribution >= 4 is 19.8 Å². The van der Waals surface area contributed by atoms with Crippen LogP contribution in [0.5, 0.6) is 0 Å². The lowest BCUT2D eigenvalue weighted by Gasteiger charge is -2.32. The zero-order chi connectivity index (χ0) is 13.6. The summed E-state index contributed by atoms with van der Waals surface area (Å²) in [6.07, 6.45) is 0. The Morgan fingerprint density at radius 2 is 1.05 bits per heavy atom. The van der Waals surface area contributed by atoms with Crippen LogP contribution in [-0.2, 0) is 0 Å². The maximum Gasteiger partial charge on any atom is 0.258 e. The van der Waals surface area contributed by atoms with Gasteiger partial charge in [0.15, 0.2) is 0 Å². The third kappa shape index (κ3) is 3.61. The van der Waals surface area contributed by atoms with Gasteiger partial charge < -0.3 is 9.96 Å². The van der Waals surface area contributed by atoms with Gasteiger partial charge in [-0.3, -0.25) is 0 Å². The molecule has 0 aliphatic heterocycles. The molecule has 19 heavy (non-hydrogen) atoms. The number of para-hydroxylation sites is 2. The molecule has 2 N–H and O–H groups in total. The fourth-order valence-corrected chi connectivity index (χ4v) is 4.94. The molecule has 0 amide bonds. The van der Waals surface area contributed by atoms with E-state index in [0.717, 1.165) is 12.1 Å². The molecule has 0 radical (unpaired) electrons. The molecule has 0 heterocycles. The predicted octanol–water partition coefficient (Wildman–Crippen LogP) is 4.69. The summed E-state index contributed by atoms with van der Waals surface area (Å²) in [4.78, 5) is 7.54. The van der Waals surface area contributed by atoms with Crippen molar-refractivity contribution in [3.63, 3.8) is 0 Å². The van der Waals surface area contributed by atoms with Gasteiger partial charge in [0.2, 0.25) is 0 Å². The average Bonchev–Trinajstić information content (AvgIpc) is 2.48. The van der Waals surface area contributed by atoms with Gasteiger partial charge in [-0.05, 0) is 36.4 Å². The van der Waals surface area contributed by atoms with Crippen molar-refractivity contribution in [2.45, 2.75) is 25.9 Å². The Bertz CT molecular complexity index is 437. The molecule has 2 rings (SSSR count). The third-order valence-electron chi connectivity index (χ3n) is 3.52. The molecule has 0 spiro atoms. The molecule has 2 aromatic carbocycles. The first-order valence-electron chi connectivity index (χ1n) is 6.94. The summed E-state index contributed by atoms with van der Waals surface area (Å²) >= 11 is 0. The summed E-state index contributed by atoms with van der Waals surface area (Å²) in [7, 11) is -1.73. The molecule has 3 heteroatoms. The van der Waals surface area contributed by atoms with Crippen LogP contribution in [0.4, 0.5) is 11.4 Å². The van der Waals surface area contributed by atoms with Gasteiger partial charge in [-0.2, -0.15) is 0 Å². The molecule has 0 saturated carbocycles. The van der Waals surface area contributed by atoms with Gasteiger partial charge in [-0.25, -0.2) is 0 Å². The minimum absolute atomic E-state index is 1.15. The van der Waals surface area contributed by atoms with Crippen molar-refractivity contribution in [2.24, 2.45) is 0 Å². The number of anilines is 2. The highest BCUT2D eigenvalue weighted by Gasteiger charge is 2.30. The first-order chi connectivity index (χ1) is 9.28. The lowest BCUT2D eigenvalue weighted by atomic mass is 10.3. The van der Waals surface area contributed by atoms with Crippen molar-refractivity contribution in [1.82, 2.24) is 0 Å². The Balaban J connectivity index is 2.18. The van der Waals surface area contributed by atoms with Gasteiger partial charge in [-0.1, -0.05) is 50.2 Å². The second-order valence-electron chi connectivity index (χ2n) is 4.77. The van der Waals surface area contributed by atoms with E-state index in [4.69, 9.17) is 0 Å². The monoisotopic (exact) mass is 270 g/mol. The van der Waals surface area contributed by atoms with Gasteiger partial charge in [-0.15, -0.1) is 0 Å². The van der Waals surface area contributed by atoms with Crippen LogP contribution in [0.25, 0.3) is 0 Å². The predicted molar refractivity (Wildman–Crippen MR) is 86.8 cm³/mol. The molecule has 0 unspecified atom stereocenters. The zero-order valence-electron chi connectivity index (χ0n) is 11.7. The SMILES string of the molecule is CC[Si](CC)(Nc1ccccc1)Nc1ccccc1. The van der Waals surface area contributed by atoms with E-state index in [9.17, 15) is 0 Å². The van der Waals surface area contributed by atoms with E-state index in [2.05, 4.69) is 84.5 Å². The molecule has 0 saturated heterocycles. The quantitative estimate of drug-likeness (QED) is 0.744. The van der Waals surface area contributed by atoms with Gasteiger partial charge in [0, 0.05) is 11.4 Å². The molecule has 100 valence electrons. The summed E-state index contributed by atoms with van der Waals surface area (Å²) in [5.41, 5.74) is 2.42. The minimum atomic E-state index is -1.73. The highest BCUT2D eigenvalue weighted by molar-refractivity contribution is 6.85. The first-order valence-corrected chi connectivity index (χ1v) is 9.36. The Kier molecular flexibility index (Phi) is 4.63. The normalized spacial score (nSPS) is 11.1. The molecular formula is C16H22N2Si. The second-order valence-corrected chi connectivity index (χ2v) is 8.85. The molecule has 2 aromatic rings. The van der Waals surface area contributed by atoms with Gasteiger partial charge in [0.05, 0.1) is 0 Å². The van der Waals surface area contributed by atoms with Crippen LogP contribution in [0.2, 0.25) is 12.1 Å². The number of benzene rings is 2. The van der Waals surface area contributed by atoms with E-state index in [0.29, 0.717) is 0 Å². The number of rotatable bonds is 6. The van der Waals surface area contributed by atoms with Crippen LogP contribution in [0.3, 0.4) is 0 Å². The zero-order valence-corrected chi connectivity index (χ0v) is 12.7. The Morgan fingerprint density at radius 3 is 1.37 bits per heavy atom. The smallest absolute Gasteiger partial charge is 0.258 e. The van der Waals surface area contributed by atoms with Crippen molar-refractivity contribution in [2.75, 3.05) is 9.96 Å². The van der Waals surface area contributed by atoms with Crippen molar-refractivity contribution in [3.05, 3.63) is 60.7 Å².